The molecule has 1 atom stereocenters. The molecule has 276 valence electrons. The molecule has 0 fully saturated rings. The highest BCUT2D eigenvalue weighted by Crippen LogP contribution is 2.42. The van der Waals surface area contributed by atoms with Crippen molar-refractivity contribution in [3.63, 3.8) is 0 Å². The average molecular weight is 900 g/mol. The zero-order valence-electron chi connectivity index (χ0n) is 27.6. The summed E-state index contributed by atoms with van der Waals surface area (Å²) in [6, 6.07) is 11.1. The van der Waals surface area contributed by atoms with Gasteiger partial charge >= 0.3 is 0 Å². The summed E-state index contributed by atoms with van der Waals surface area (Å²) in [5.74, 6) is -0.685. The number of nitrogens with zero attached hydrogens (tertiary/aromatic N) is 9. The van der Waals surface area contributed by atoms with Crippen LogP contribution < -0.4 is 10.7 Å². The molecule has 12 nitrogen and oxygen atoms in total. The molecule has 0 amide bonds. The summed E-state index contributed by atoms with van der Waals surface area (Å²) in [7, 11) is 0. The number of nitrogens with one attached hydrogen (secondary N) is 3. The van der Waals surface area contributed by atoms with E-state index in [0.717, 1.165) is 0 Å². The summed E-state index contributed by atoms with van der Waals surface area (Å²) in [5, 5.41) is 1.93. The number of aliphatic imine (C=N–C) groups is 1. The topological polar surface area (TPSA) is 163 Å². The Hall–Kier alpha value is -4.63. The Morgan fingerprint density at radius 1 is 0.411 bits per heavy atom. The minimum atomic E-state index is -0.685. The van der Waals surface area contributed by atoms with E-state index in [1.165, 1.54) is 25.3 Å². The largest absolute Gasteiger partial charge is 0.357 e. The first-order valence-corrected chi connectivity index (χ1v) is 19.1. The number of hydrogen-bond acceptors (Lipinski definition) is 9. The first-order valence-electron chi connectivity index (χ1n) is 16.1. The van der Waals surface area contributed by atoms with E-state index in [1.54, 1.807) is 12.2 Å². The van der Waals surface area contributed by atoms with Gasteiger partial charge in [-0.3, -0.25) is 0 Å². The number of aromatic amines is 3. The maximum absolute atomic E-state index is 6.79. The molecule has 20 heteroatoms. The lowest BCUT2D eigenvalue weighted by Crippen LogP contribution is -2.20. The van der Waals surface area contributed by atoms with Gasteiger partial charge < -0.3 is 15.0 Å². The van der Waals surface area contributed by atoms with Crippen molar-refractivity contribution in [3.05, 3.63) is 177 Å². The standard InChI is InChI=1S/C36H16Cl8N12/c37-29-25(30(38)46-9-45-29)21-13-1-2-14(53-13)22(26-31(39)47-10-48-32(26)40)16-5-6-18(55-16)24(28-35(43)51-12-52-36(28)44)20-8-7-19(56-20)23(17-4-3-15(21)54-17)27-33(41)49-11-50-34(27)42/h1-12,21,53-55H/b22-16+,23-19+,24-18+. The van der Waals surface area contributed by atoms with Gasteiger partial charge in [-0.15, -0.1) is 0 Å². The summed E-state index contributed by atoms with van der Waals surface area (Å²) >= 11 is 54.2. The van der Waals surface area contributed by atoms with Crippen molar-refractivity contribution in [1.82, 2.24) is 54.8 Å². The first kappa shape index (κ1) is 37.0. The molecule has 0 radical (unpaired) electrons. The van der Waals surface area contributed by atoms with Crippen molar-refractivity contribution in [2.75, 3.05) is 0 Å². The molecule has 8 bridgehead atoms. The number of aromatic nitrogens is 11. The number of hydrogen-bond donors (Lipinski definition) is 3. The van der Waals surface area contributed by atoms with Crippen LogP contribution >= 0.6 is 92.8 Å². The Kier molecular flexibility index (Phi) is 9.71. The zero-order chi connectivity index (χ0) is 38.8. The van der Waals surface area contributed by atoms with Crippen LogP contribution in [0.2, 0.25) is 41.2 Å². The van der Waals surface area contributed by atoms with Gasteiger partial charge in [-0.25, -0.2) is 44.9 Å². The summed E-state index contributed by atoms with van der Waals surface area (Å²) in [6.45, 7) is 0. The van der Waals surface area contributed by atoms with Crippen LogP contribution in [0.4, 0.5) is 0 Å². The second-order valence-electron chi connectivity index (χ2n) is 12.1. The fraction of sp³-hybridized carbons (Fsp3) is 0.0278. The van der Waals surface area contributed by atoms with E-state index in [2.05, 4.69) is 54.8 Å². The van der Waals surface area contributed by atoms with Crippen LogP contribution in [-0.4, -0.2) is 60.5 Å². The van der Waals surface area contributed by atoms with Gasteiger partial charge in [0.05, 0.1) is 34.0 Å². The summed E-state index contributed by atoms with van der Waals surface area (Å²) < 4.78 is 0. The molecule has 9 rings (SSSR count). The molecule has 0 saturated carbocycles. The second-order valence-corrected chi connectivity index (χ2v) is 14.9. The van der Waals surface area contributed by atoms with Gasteiger partial charge in [-0.2, -0.15) is 0 Å². The zero-order valence-corrected chi connectivity index (χ0v) is 33.6. The molecule has 1 unspecified atom stereocenters. The summed E-state index contributed by atoms with van der Waals surface area (Å²) in [4.78, 5) is 49.7. The Balaban J connectivity index is 1.46. The molecule has 0 aliphatic carbocycles. The van der Waals surface area contributed by atoms with Crippen LogP contribution in [0.15, 0.2) is 84.5 Å². The third kappa shape index (κ3) is 6.30. The van der Waals surface area contributed by atoms with Crippen LogP contribution in [0.1, 0.15) is 50.9 Å². The number of allylic oxidation sites excluding steroid dienone is 2. The fourth-order valence-electron chi connectivity index (χ4n) is 6.72. The molecule has 0 aromatic carbocycles. The van der Waals surface area contributed by atoms with Crippen molar-refractivity contribution in [3.8, 4) is 0 Å². The van der Waals surface area contributed by atoms with Gasteiger partial charge in [0.1, 0.15) is 66.5 Å². The van der Waals surface area contributed by atoms with E-state index in [4.69, 9.17) is 97.8 Å². The number of halogens is 8. The van der Waals surface area contributed by atoms with Crippen LogP contribution in [0, 0.1) is 0 Å². The average Bonchev–Trinajstić information content (AvgIpc) is 4.00. The number of fused-ring (bicyclic) bond motifs is 7. The maximum Gasteiger partial charge on any atom is 0.141 e. The van der Waals surface area contributed by atoms with Gasteiger partial charge in [0, 0.05) is 55.8 Å². The molecule has 2 aliphatic rings. The quantitative estimate of drug-likeness (QED) is 0.148. The SMILES string of the molecule is Clc1ncnc(Cl)c1/C1=C2\C=CC(=N2)/C(c2c(Cl)ncnc2Cl)=c2/cc/c([nH]2)=C(\c2c(Cl)ncnc2Cl)c2ccc([nH]2)C(c2c(Cl)ncnc2Cl)c2ccc1[nH]2. The fourth-order valence-corrected chi connectivity index (χ4v) is 8.76. The molecule has 0 spiro atoms. The molecular weight excluding hydrogens is 884 g/mol. The van der Waals surface area contributed by atoms with Gasteiger partial charge in [0.15, 0.2) is 0 Å². The van der Waals surface area contributed by atoms with E-state index in [-0.39, 0.29) is 41.2 Å². The van der Waals surface area contributed by atoms with Crippen LogP contribution in [0.5, 0.6) is 0 Å². The highest BCUT2D eigenvalue weighted by atomic mass is 35.5. The van der Waals surface area contributed by atoms with Crippen molar-refractivity contribution < 1.29 is 0 Å². The smallest absolute Gasteiger partial charge is 0.141 e. The Labute approximate surface area is 355 Å². The number of rotatable bonds is 4. The third-order valence-corrected chi connectivity index (χ3v) is 11.4. The summed E-state index contributed by atoms with van der Waals surface area (Å²) in [5.41, 5.74) is 6.16. The van der Waals surface area contributed by atoms with Crippen molar-refractivity contribution in [2.24, 2.45) is 4.99 Å². The van der Waals surface area contributed by atoms with Crippen molar-refractivity contribution >= 4 is 115 Å². The lowest BCUT2D eigenvalue weighted by Gasteiger charge is -2.18. The number of H-pyrrole nitrogens is 3. The van der Waals surface area contributed by atoms with E-state index in [1.807, 2.05) is 36.4 Å². The predicted molar refractivity (Wildman–Crippen MR) is 218 cm³/mol. The molecule has 3 N–H and O–H groups in total. The van der Waals surface area contributed by atoms with E-state index in [0.29, 0.717) is 83.9 Å². The van der Waals surface area contributed by atoms with Crippen molar-refractivity contribution in [2.45, 2.75) is 5.92 Å². The van der Waals surface area contributed by atoms with Crippen LogP contribution in [-0.2, 0) is 0 Å². The van der Waals surface area contributed by atoms with E-state index < -0.39 is 5.92 Å². The molecule has 0 saturated heterocycles. The third-order valence-electron chi connectivity index (χ3n) is 9.04. The summed E-state index contributed by atoms with van der Waals surface area (Å²) in [6.07, 6.45) is 8.70. The van der Waals surface area contributed by atoms with Crippen molar-refractivity contribution in [1.29, 1.82) is 0 Å². The molecule has 9 heterocycles. The maximum atomic E-state index is 6.79. The van der Waals surface area contributed by atoms with E-state index in [9.17, 15) is 0 Å². The van der Waals surface area contributed by atoms with Gasteiger partial charge in [-0.05, 0) is 48.6 Å². The van der Waals surface area contributed by atoms with Crippen LogP contribution in [0.3, 0.4) is 0 Å². The van der Waals surface area contributed by atoms with Crippen LogP contribution in [0.25, 0.3) is 16.7 Å². The minimum absolute atomic E-state index is 0.0879. The van der Waals surface area contributed by atoms with Gasteiger partial charge in [-0.1, -0.05) is 92.8 Å². The monoisotopic (exact) mass is 896 g/mol. The molecule has 2 aliphatic heterocycles. The molecule has 7 aromatic heterocycles. The Morgan fingerprint density at radius 3 is 1.32 bits per heavy atom. The molecular formula is C36H16Cl8N12. The first-order chi connectivity index (χ1) is 27.1. The lowest BCUT2D eigenvalue weighted by atomic mass is 9.95. The second kappa shape index (κ2) is 14.7. The molecule has 56 heavy (non-hydrogen) atoms. The van der Waals surface area contributed by atoms with Gasteiger partial charge in [0.2, 0.25) is 0 Å². The Bertz CT molecular complexity index is 2920. The predicted octanol–water partition coefficient (Wildman–Crippen LogP) is 8.47. The van der Waals surface area contributed by atoms with E-state index >= 15 is 0 Å². The van der Waals surface area contributed by atoms with Gasteiger partial charge in [0.25, 0.3) is 0 Å². The molecule has 7 aromatic rings. The minimum Gasteiger partial charge on any atom is -0.357 e. The highest BCUT2D eigenvalue weighted by molar-refractivity contribution is 6.42. The lowest BCUT2D eigenvalue weighted by molar-refractivity contribution is 0.874. The highest BCUT2D eigenvalue weighted by Gasteiger charge is 2.31. The Morgan fingerprint density at radius 2 is 0.821 bits per heavy atom. The normalized spacial score (nSPS) is 18.4.